The first-order valence-electron chi connectivity index (χ1n) is 40.8. The van der Waals surface area contributed by atoms with Crippen molar-refractivity contribution in [2.45, 2.75) is 195 Å². The van der Waals surface area contributed by atoms with Gasteiger partial charge in [0.15, 0.2) is 5.96 Å². The van der Waals surface area contributed by atoms with E-state index in [0.29, 0.717) is 87.9 Å². The lowest BCUT2D eigenvalue weighted by Gasteiger charge is -2.35. The minimum Gasteiger partial charge on any atom is -0.481 e. The zero-order valence-corrected chi connectivity index (χ0v) is 67.3. The number of nitrogens with zero attached hydrogens (tertiary/aromatic N) is 4. The fourth-order valence-electron chi connectivity index (χ4n) is 15.9. The number of primary amides is 1. The van der Waals surface area contributed by atoms with Crippen LogP contribution in [0.1, 0.15) is 119 Å². The molecule has 4 heterocycles. The lowest BCUT2D eigenvalue weighted by molar-refractivity contribution is -0.145. The second kappa shape index (κ2) is 44.4. The van der Waals surface area contributed by atoms with Gasteiger partial charge in [0, 0.05) is 77.3 Å². The van der Waals surface area contributed by atoms with Gasteiger partial charge >= 0.3 is 12.1 Å². The molecule has 39 heteroatoms. The smallest absolute Gasteiger partial charge is 0.417 e. The van der Waals surface area contributed by atoms with Crippen LogP contribution >= 0.6 is 0 Å². The fourth-order valence-corrected chi connectivity index (χ4v) is 15.9. The summed E-state index contributed by atoms with van der Waals surface area (Å²) < 4.78 is 42.7. The van der Waals surface area contributed by atoms with Gasteiger partial charge in [-0.15, -0.1) is 0 Å². The first-order valence-corrected chi connectivity index (χ1v) is 40.8. The summed E-state index contributed by atoms with van der Waals surface area (Å²) in [6.45, 7) is 1.58. The Morgan fingerprint density at radius 2 is 0.975 bits per heavy atom. The van der Waals surface area contributed by atoms with Crippen LogP contribution in [0, 0.1) is 11.3 Å². The number of piperazine rings is 1. The number of halogens is 3. The molecule has 121 heavy (non-hydrogen) atoms. The number of guanidine groups is 1. The van der Waals surface area contributed by atoms with E-state index in [9.17, 15) is 86.0 Å². The minimum absolute atomic E-state index is 0.0105. The second-order valence-corrected chi connectivity index (χ2v) is 31.1. The van der Waals surface area contributed by atoms with Crippen LogP contribution < -0.4 is 75.7 Å². The van der Waals surface area contributed by atoms with E-state index in [1.165, 1.54) is 59.2 Å². The van der Waals surface area contributed by atoms with E-state index >= 15 is 9.59 Å². The van der Waals surface area contributed by atoms with Crippen molar-refractivity contribution in [2.24, 2.45) is 17.4 Å². The van der Waals surface area contributed by atoms with E-state index in [2.05, 4.69) is 58.5 Å². The Bertz CT molecular complexity index is 4330. The van der Waals surface area contributed by atoms with Crippen LogP contribution in [0.5, 0.6) is 0 Å². The Balaban J connectivity index is 0.886. The summed E-state index contributed by atoms with van der Waals surface area (Å²) in [5, 5.41) is 68.1. The molecule has 1 aliphatic carbocycles. The third kappa shape index (κ3) is 26.6. The highest BCUT2D eigenvalue weighted by molar-refractivity contribution is 6.01. The van der Waals surface area contributed by atoms with Crippen molar-refractivity contribution < 1.29 is 95.6 Å². The largest absolute Gasteiger partial charge is 0.481 e. The zero-order chi connectivity index (χ0) is 87.6. The number of amides is 13. The molecule has 21 N–H and O–H groups in total. The van der Waals surface area contributed by atoms with Crippen LogP contribution in [0.15, 0.2) is 103 Å². The SMILES string of the molecule is C[C@H](NC(=O)[C@H](CO)NC(=O)[C@H](Cc1ccc(N)cc1)NC(=O)CN1CCNCC1)C(=O)N[C@@H](Cc1ccc(-c2ccccc2C(F)(F)F)cc1)C(=O)N1CCC[C@H]1C(=O)N[C@@H](CC(=O)O)C(=O)N[C@@H](CO)C(=O)N[C@H](C(=O)N1CCC[C@H]1C(=O)N[C@@H](Cc1ccccc1)C(=O)N[C@@H](CCCNC(=N)N)C(=O)N1CCC[C@H]1C(N)=O)C1CCCCC1. The number of alkyl halides is 3. The first-order chi connectivity index (χ1) is 57.8. The van der Waals surface area contributed by atoms with Gasteiger partial charge in [0.1, 0.15) is 72.5 Å². The van der Waals surface area contributed by atoms with Gasteiger partial charge in [-0.05, 0) is 123 Å². The van der Waals surface area contributed by atoms with Crippen molar-refractivity contribution in [3.05, 3.63) is 125 Å². The Morgan fingerprint density at radius 1 is 0.504 bits per heavy atom. The molecule has 36 nitrogen and oxygen atoms in total. The molecule has 0 aromatic heterocycles. The van der Waals surface area contributed by atoms with E-state index in [-0.39, 0.29) is 100 Å². The number of nitrogen functional groups attached to an aromatic ring is 1. The number of aliphatic hydroxyl groups is 2. The van der Waals surface area contributed by atoms with Gasteiger partial charge in [-0.1, -0.05) is 104 Å². The van der Waals surface area contributed by atoms with Crippen molar-refractivity contribution in [1.82, 2.24) is 78.1 Å². The molecule has 0 spiro atoms. The number of nitrogens with two attached hydrogens (primary N) is 3. The maximum Gasteiger partial charge on any atom is 0.417 e. The summed E-state index contributed by atoms with van der Waals surface area (Å²) in [5.41, 5.74) is 18.0. The molecule has 4 saturated heterocycles. The van der Waals surface area contributed by atoms with E-state index < -0.39 is 199 Å². The van der Waals surface area contributed by atoms with Crippen molar-refractivity contribution in [1.29, 1.82) is 5.41 Å². The molecule has 12 atom stereocenters. The minimum atomic E-state index is -4.74. The van der Waals surface area contributed by atoms with Gasteiger partial charge in [0.25, 0.3) is 0 Å². The summed E-state index contributed by atoms with van der Waals surface area (Å²) in [6, 6.07) is 7.66. The van der Waals surface area contributed by atoms with Crippen LogP contribution in [0.25, 0.3) is 11.1 Å². The van der Waals surface area contributed by atoms with Crippen LogP contribution in [0.3, 0.4) is 0 Å². The molecule has 0 bridgehead atoms. The number of carbonyl (C=O) groups is 14. The highest BCUT2D eigenvalue weighted by Gasteiger charge is 2.46. The van der Waals surface area contributed by atoms with Gasteiger partial charge < -0.3 is 106 Å². The number of rotatable bonds is 39. The third-order valence-electron chi connectivity index (χ3n) is 22.3. The molecule has 4 aliphatic heterocycles. The van der Waals surface area contributed by atoms with Gasteiger partial charge in [-0.2, -0.15) is 13.2 Å². The number of anilines is 1. The lowest BCUT2D eigenvalue weighted by atomic mass is 9.83. The van der Waals surface area contributed by atoms with Crippen LogP contribution in [0.4, 0.5) is 18.9 Å². The highest BCUT2D eigenvalue weighted by atomic mass is 19.4. The lowest BCUT2D eigenvalue weighted by Crippen LogP contribution is -2.62. The average Bonchev–Trinajstić information content (AvgIpc) is 1.72. The number of aliphatic hydroxyl groups excluding tert-OH is 2. The molecule has 0 unspecified atom stereocenters. The average molecular weight is 1690 g/mol. The monoisotopic (exact) mass is 1690 g/mol. The number of hydrogen-bond donors (Lipinski definition) is 18. The van der Waals surface area contributed by atoms with Crippen LogP contribution in [-0.2, 0) is 92.6 Å². The number of nitrogens with one attached hydrogen (secondary N) is 12. The highest BCUT2D eigenvalue weighted by Crippen LogP contribution is 2.38. The first kappa shape index (κ1) is 93.0. The molecule has 4 aromatic carbocycles. The molecule has 9 rings (SSSR count). The predicted octanol–water partition coefficient (Wildman–Crippen LogP) is -1.97. The molecule has 13 amide bonds. The van der Waals surface area contributed by atoms with Crippen molar-refractivity contribution in [2.75, 3.05) is 77.9 Å². The van der Waals surface area contributed by atoms with E-state index in [0.717, 1.165) is 17.4 Å². The molecule has 1 saturated carbocycles. The van der Waals surface area contributed by atoms with Gasteiger partial charge in [0.05, 0.1) is 31.7 Å². The predicted molar refractivity (Wildman–Crippen MR) is 433 cm³/mol. The molecular weight excluding hydrogens is 1580 g/mol. The quantitative estimate of drug-likeness (QED) is 0.00997. The van der Waals surface area contributed by atoms with E-state index in [1.807, 2.05) is 4.90 Å². The number of carboxylic acid groups (broad SMARTS) is 1. The van der Waals surface area contributed by atoms with E-state index in [4.69, 9.17) is 22.6 Å². The molecule has 5 fully saturated rings. The molecule has 656 valence electrons. The number of hydrogen-bond acceptors (Lipinski definition) is 20. The van der Waals surface area contributed by atoms with Crippen molar-refractivity contribution >= 4 is 94.4 Å². The topological polar surface area (TPSA) is 547 Å². The van der Waals surface area contributed by atoms with Crippen molar-refractivity contribution in [3.8, 4) is 11.1 Å². The Kier molecular flexibility index (Phi) is 34.2. The number of benzene rings is 4. The number of carboxylic acids is 1. The molecule has 0 radical (unpaired) electrons. The zero-order valence-electron chi connectivity index (χ0n) is 67.3. The standard InChI is InChI=1S/C82H110F3N19O17/c1-47(92-74(115)61(45-105)98-71(112)57(41-50-26-30-53(86)31-27-50)93-66(107)44-101-38-33-90-34-39-101)70(111)97-60(42-49-24-28-51(29-25-49)54-18-8-9-19-55(54)82(83,84)85)79(120)103-36-12-22-64(103)76(117)96-59(43-67(108)109)73(114)99-62(46-106)75(116)100-68(52-16-6-3-7-17-52)80(121)104-37-13-23-65(104)77(118)95-58(40-48-14-4-2-5-15-48)72(113)94-56(20-10-32-91-81(88)89)78(119)102-35-11-21-63(102)69(87)110/h2,4-5,8-9,14-15,18-19,24-31,47,52,56-65,68,90,105-106H,3,6-7,10-13,16-17,20-23,32-46,86H2,1H3,(H2,87,110)(H,92,115)(H,93,107)(H,94,113)(H,95,118)(H,96,117)(H,97,111)(H,98,112)(H,99,114)(H,100,116)(H,108,109)(H4,88,89,91)/t47-,56-,57-,58-,59-,60-,61-,62-,63-,64-,65-,68-/m0/s1. The number of aliphatic carboxylic acids is 1. The van der Waals surface area contributed by atoms with Crippen LogP contribution in [-0.4, -0.2) is 268 Å². The van der Waals surface area contributed by atoms with Gasteiger partial charge in [-0.3, -0.25) is 77.4 Å². The fraction of sp³-hybridized carbons (Fsp3) is 0.524. The number of likely N-dealkylation sites (tertiary alicyclic amines) is 3. The molecule has 5 aliphatic rings. The summed E-state index contributed by atoms with van der Waals surface area (Å²) in [6.07, 6.45) is -2.13. The summed E-state index contributed by atoms with van der Waals surface area (Å²) >= 11 is 0. The normalized spacial score (nSPS) is 19.2. The van der Waals surface area contributed by atoms with E-state index in [1.54, 1.807) is 54.6 Å². The Labute approximate surface area is 697 Å². The maximum atomic E-state index is 15.2. The third-order valence-corrected chi connectivity index (χ3v) is 22.3. The Morgan fingerprint density at radius 3 is 1.54 bits per heavy atom. The van der Waals surface area contributed by atoms with Gasteiger partial charge in [0.2, 0.25) is 76.8 Å². The van der Waals surface area contributed by atoms with Gasteiger partial charge in [-0.25, -0.2) is 0 Å². The summed E-state index contributed by atoms with van der Waals surface area (Å²) in [5.74, 6) is -14.0. The maximum absolute atomic E-state index is 15.2. The second-order valence-electron chi connectivity index (χ2n) is 31.1. The molecular formula is C82H110F3N19O17. The summed E-state index contributed by atoms with van der Waals surface area (Å²) in [7, 11) is 0. The van der Waals surface area contributed by atoms with Crippen LogP contribution in [0.2, 0.25) is 0 Å². The molecule has 4 aromatic rings. The van der Waals surface area contributed by atoms with Crippen molar-refractivity contribution in [3.63, 3.8) is 0 Å². The Hall–Kier alpha value is -11.8. The summed E-state index contributed by atoms with van der Waals surface area (Å²) in [4.78, 5) is 204. The number of carbonyl (C=O) groups excluding carboxylic acids is 13.